The summed E-state index contributed by atoms with van der Waals surface area (Å²) in [5.41, 5.74) is 0.905. The first kappa shape index (κ1) is 13.6. The second-order valence-corrected chi connectivity index (χ2v) is 5.71. The molecular formula is C12H18N2O2S. The van der Waals surface area contributed by atoms with Crippen molar-refractivity contribution in [3.63, 3.8) is 0 Å². The highest BCUT2D eigenvalue weighted by molar-refractivity contribution is 7.99. The third-order valence-corrected chi connectivity index (χ3v) is 4.17. The summed E-state index contributed by atoms with van der Waals surface area (Å²) >= 11 is 0. The quantitative estimate of drug-likeness (QED) is 0.506. The van der Waals surface area contributed by atoms with Gasteiger partial charge in [-0.25, -0.2) is 4.21 Å². The molecule has 1 rings (SSSR count). The molecule has 1 unspecified atom stereocenters. The molecule has 4 nitrogen and oxygen atoms in total. The Labute approximate surface area is 103 Å². The maximum atomic E-state index is 12.5. The minimum absolute atomic E-state index is 0.590. The van der Waals surface area contributed by atoms with Gasteiger partial charge in [-0.05, 0) is 37.4 Å². The van der Waals surface area contributed by atoms with Crippen molar-refractivity contribution in [3.05, 3.63) is 23.8 Å². The van der Waals surface area contributed by atoms with E-state index in [1.807, 2.05) is 19.1 Å². The molecule has 1 aromatic carbocycles. The van der Waals surface area contributed by atoms with Crippen LogP contribution < -0.4 is 9.46 Å². The number of aliphatic imine (C=N–C) groups is 1. The Kier molecular flexibility index (Phi) is 4.17. The molecule has 0 aromatic heterocycles. The number of benzene rings is 1. The van der Waals surface area contributed by atoms with Crippen molar-refractivity contribution >= 4 is 21.4 Å². The summed E-state index contributed by atoms with van der Waals surface area (Å²) in [5, 5.41) is 0. The molecule has 94 valence electrons. The summed E-state index contributed by atoms with van der Waals surface area (Å²) < 4.78 is 20.4. The highest BCUT2D eigenvalue weighted by Crippen LogP contribution is 2.21. The Bertz CT molecular complexity index is 533. The van der Waals surface area contributed by atoms with Crippen LogP contribution in [-0.2, 0) is 9.71 Å². The highest BCUT2D eigenvalue weighted by Gasteiger charge is 2.12. The number of ether oxygens (including phenoxy) is 1. The van der Waals surface area contributed by atoms with E-state index >= 15 is 0 Å². The largest absolute Gasteiger partial charge is 0.497 e. The number of amidine groups is 1. The third-order valence-electron chi connectivity index (χ3n) is 2.40. The number of nitrogens with one attached hydrogen (secondary N) is 1. The molecule has 0 heterocycles. The molecule has 0 radical (unpaired) electrons. The molecular weight excluding hydrogens is 236 g/mol. The monoisotopic (exact) mass is 254 g/mol. The summed E-state index contributed by atoms with van der Waals surface area (Å²) in [6.07, 6.45) is 0. The molecule has 1 aromatic rings. The number of nitrogens with zero attached hydrogens (tertiary/aromatic N) is 1. The Balaban J connectivity index is 3.23. The molecule has 1 atom stereocenters. The maximum Gasteiger partial charge on any atom is 0.120 e. The topological polar surface area (TPSA) is 50.7 Å². The molecule has 17 heavy (non-hydrogen) atoms. The third kappa shape index (κ3) is 3.23. The Morgan fingerprint density at radius 2 is 2.18 bits per heavy atom. The lowest BCUT2D eigenvalue weighted by Gasteiger charge is -2.15. The van der Waals surface area contributed by atoms with Crippen LogP contribution in [0.2, 0.25) is 0 Å². The first-order chi connectivity index (χ1) is 7.90. The van der Waals surface area contributed by atoms with Crippen LogP contribution in [0.25, 0.3) is 0 Å². The van der Waals surface area contributed by atoms with E-state index in [0.717, 1.165) is 5.56 Å². The number of hydrogen-bond acceptors (Lipinski definition) is 3. The molecule has 5 heteroatoms. The van der Waals surface area contributed by atoms with E-state index in [1.54, 1.807) is 27.1 Å². The van der Waals surface area contributed by atoms with Crippen LogP contribution in [-0.4, -0.2) is 30.1 Å². The van der Waals surface area contributed by atoms with Crippen molar-refractivity contribution in [2.24, 2.45) is 4.99 Å². The minimum atomic E-state index is -2.60. The number of methoxy groups -OCH3 is 1. The van der Waals surface area contributed by atoms with E-state index in [-0.39, 0.29) is 0 Å². The summed E-state index contributed by atoms with van der Waals surface area (Å²) in [7, 11) is 0.614. The van der Waals surface area contributed by atoms with Gasteiger partial charge in [-0.15, -0.1) is 0 Å². The van der Waals surface area contributed by atoms with Crippen molar-refractivity contribution < 1.29 is 8.95 Å². The number of hydrogen-bond donors (Lipinski definition) is 1. The zero-order chi connectivity index (χ0) is 13.1. The van der Waals surface area contributed by atoms with E-state index < -0.39 is 9.71 Å². The fourth-order valence-corrected chi connectivity index (χ4v) is 2.97. The van der Waals surface area contributed by atoms with Gasteiger partial charge in [-0.3, -0.25) is 9.71 Å². The molecule has 0 fully saturated rings. The average Bonchev–Trinajstić information content (AvgIpc) is 2.28. The van der Waals surface area contributed by atoms with E-state index in [9.17, 15) is 4.21 Å². The Morgan fingerprint density at radius 1 is 1.53 bits per heavy atom. The van der Waals surface area contributed by atoms with Gasteiger partial charge in [0.15, 0.2) is 0 Å². The van der Waals surface area contributed by atoms with Gasteiger partial charge in [0.1, 0.15) is 11.6 Å². The molecule has 0 aliphatic rings. The van der Waals surface area contributed by atoms with E-state index in [4.69, 9.17) is 4.74 Å². The molecule has 0 aliphatic heterocycles. The second-order valence-electron chi connectivity index (χ2n) is 3.72. The summed E-state index contributed by atoms with van der Waals surface area (Å²) in [6.45, 7) is 3.64. The zero-order valence-electron chi connectivity index (χ0n) is 10.6. The molecule has 0 saturated heterocycles. The van der Waals surface area contributed by atoms with Crippen LogP contribution >= 0.6 is 0 Å². The van der Waals surface area contributed by atoms with Crippen molar-refractivity contribution in [3.8, 4) is 5.75 Å². The van der Waals surface area contributed by atoms with Crippen LogP contribution in [0.3, 0.4) is 0 Å². The minimum Gasteiger partial charge on any atom is -0.497 e. The molecule has 0 saturated carbocycles. The van der Waals surface area contributed by atoms with Crippen molar-refractivity contribution in [2.75, 3.05) is 14.2 Å². The Morgan fingerprint density at radius 3 is 2.71 bits per heavy atom. The van der Waals surface area contributed by atoms with Crippen LogP contribution in [0.4, 0.5) is 0 Å². The predicted octanol–water partition coefficient (Wildman–Crippen LogP) is 1.63. The van der Waals surface area contributed by atoms with E-state index in [0.29, 0.717) is 16.5 Å². The van der Waals surface area contributed by atoms with Gasteiger partial charge in [-0.1, -0.05) is 6.07 Å². The average molecular weight is 254 g/mol. The molecule has 0 aliphatic carbocycles. The standard InChI is InChI=1S/C12H18N2O2S/c1-9-6-7-11(16-4)8-12(9)17(5,15)14-10(2)13-3/h6-8H,5H2,1-4H3,(H,13,14,15). The first-order valence-electron chi connectivity index (χ1n) is 5.13. The van der Waals surface area contributed by atoms with E-state index in [1.165, 1.54) is 0 Å². The first-order valence-corrected chi connectivity index (χ1v) is 6.86. The van der Waals surface area contributed by atoms with Gasteiger partial charge < -0.3 is 4.74 Å². The number of aryl methyl sites for hydroxylation is 1. The lowest BCUT2D eigenvalue weighted by molar-refractivity contribution is 0.413. The normalized spacial score (nSPS) is 15.2. The SMILES string of the molecule is C=S(=O)(NC(C)=NC)c1cc(OC)ccc1C. The summed E-state index contributed by atoms with van der Waals surface area (Å²) in [4.78, 5) is 4.57. The second kappa shape index (κ2) is 5.23. The highest BCUT2D eigenvalue weighted by atomic mass is 32.2. The Hall–Kier alpha value is -1.49. The number of rotatable bonds is 3. The van der Waals surface area contributed by atoms with Crippen molar-refractivity contribution in [1.82, 2.24) is 4.72 Å². The lowest BCUT2D eigenvalue weighted by Crippen LogP contribution is -2.28. The van der Waals surface area contributed by atoms with Gasteiger partial charge in [-0.2, -0.15) is 0 Å². The van der Waals surface area contributed by atoms with Crippen molar-refractivity contribution in [1.29, 1.82) is 0 Å². The zero-order valence-corrected chi connectivity index (χ0v) is 11.4. The fraction of sp³-hybridized carbons (Fsp3) is 0.333. The maximum absolute atomic E-state index is 12.5. The van der Waals surface area contributed by atoms with Crippen LogP contribution in [0.1, 0.15) is 12.5 Å². The van der Waals surface area contributed by atoms with Gasteiger partial charge in [0.25, 0.3) is 0 Å². The van der Waals surface area contributed by atoms with Crippen LogP contribution in [0.5, 0.6) is 5.75 Å². The van der Waals surface area contributed by atoms with Crippen molar-refractivity contribution in [2.45, 2.75) is 18.7 Å². The van der Waals surface area contributed by atoms with Gasteiger partial charge in [0.05, 0.1) is 21.7 Å². The molecule has 0 spiro atoms. The summed E-state index contributed by atoms with van der Waals surface area (Å²) in [5.74, 6) is 5.00. The van der Waals surface area contributed by atoms with E-state index in [2.05, 4.69) is 15.6 Å². The fourth-order valence-electron chi connectivity index (χ4n) is 1.40. The molecule has 0 amide bonds. The predicted molar refractivity (Wildman–Crippen MR) is 73.4 cm³/mol. The van der Waals surface area contributed by atoms with Gasteiger partial charge in [0, 0.05) is 7.05 Å². The summed E-state index contributed by atoms with van der Waals surface area (Å²) in [6, 6.07) is 5.43. The lowest BCUT2D eigenvalue weighted by atomic mass is 10.2. The van der Waals surface area contributed by atoms with Crippen LogP contribution in [0.15, 0.2) is 28.1 Å². The van der Waals surface area contributed by atoms with Gasteiger partial charge in [0.2, 0.25) is 0 Å². The molecule has 1 N–H and O–H groups in total. The molecule has 0 bridgehead atoms. The smallest absolute Gasteiger partial charge is 0.120 e. The van der Waals surface area contributed by atoms with Crippen LogP contribution in [0, 0.1) is 6.92 Å². The van der Waals surface area contributed by atoms with Gasteiger partial charge >= 0.3 is 0 Å².